The van der Waals surface area contributed by atoms with Crippen molar-refractivity contribution in [1.82, 2.24) is 25.4 Å². The highest BCUT2D eigenvalue weighted by molar-refractivity contribution is 7.13. The van der Waals surface area contributed by atoms with E-state index < -0.39 is 0 Å². The van der Waals surface area contributed by atoms with Crippen LogP contribution in [0.15, 0.2) is 17.8 Å². The summed E-state index contributed by atoms with van der Waals surface area (Å²) in [7, 11) is 5.82. The fourth-order valence-corrected chi connectivity index (χ4v) is 3.43. The SMILES string of the molecule is CN(C)c1nc(CNC(=O)N[C@@H]2CCN(c3cnn(C)c3)C2)cs1. The highest BCUT2D eigenvalue weighted by Gasteiger charge is 2.24. The molecule has 0 radical (unpaired) electrons. The molecular formula is C15H23N7OS. The summed E-state index contributed by atoms with van der Waals surface area (Å²) in [6.45, 7) is 2.17. The molecule has 3 rings (SSSR count). The molecule has 130 valence electrons. The Morgan fingerprint density at radius 3 is 3.00 bits per heavy atom. The van der Waals surface area contributed by atoms with Gasteiger partial charge >= 0.3 is 6.03 Å². The normalized spacial score (nSPS) is 17.1. The molecule has 8 nitrogen and oxygen atoms in total. The Morgan fingerprint density at radius 2 is 2.33 bits per heavy atom. The molecule has 2 aromatic heterocycles. The Hall–Kier alpha value is -2.29. The van der Waals surface area contributed by atoms with E-state index in [2.05, 4.69) is 25.6 Å². The lowest BCUT2D eigenvalue weighted by Gasteiger charge is -2.17. The number of rotatable bonds is 5. The number of hydrogen-bond donors (Lipinski definition) is 2. The molecule has 9 heteroatoms. The van der Waals surface area contributed by atoms with Crippen molar-refractivity contribution < 1.29 is 4.79 Å². The summed E-state index contributed by atoms with van der Waals surface area (Å²) in [5, 5.41) is 13.0. The molecule has 0 aromatic carbocycles. The van der Waals surface area contributed by atoms with Crippen LogP contribution >= 0.6 is 11.3 Å². The van der Waals surface area contributed by atoms with Gasteiger partial charge in [-0.2, -0.15) is 5.10 Å². The van der Waals surface area contributed by atoms with Crippen LogP contribution in [-0.2, 0) is 13.6 Å². The fraction of sp³-hybridized carbons (Fsp3) is 0.533. The predicted molar refractivity (Wildman–Crippen MR) is 95.6 cm³/mol. The molecule has 0 spiro atoms. The lowest BCUT2D eigenvalue weighted by molar-refractivity contribution is 0.237. The second-order valence-corrected chi connectivity index (χ2v) is 6.98. The van der Waals surface area contributed by atoms with Gasteiger partial charge in [0.15, 0.2) is 5.13 Å². The van der Waals surface area contributed by atoms with Gasteiger partial charge in [-0.15, -0.1) is 11.3 Å². The van der Waals surface area contributed by atoms with Crippen molar-refractivity contribution in [2.45, 2.75) is 19.0 Å². The number of carbonyl (C=O) groups excluding carboxylic acids is 1. The number of carbonyl (C=O) groups is 1. The third-order valence-electron chi connectivity index (χ3n) is 3.93. The van der Waals surface area contributed by atoms with Crippen LogP contribution in [0, 0.1) is 0 Å². The molecule has 2 aromatic rings. The summed E-state index contributed by atoms with van der Waals surface area (Å²) in [6.07, 6.45) is 4.78. The minimum absolute atomic E-state index is 0.146. The minimum Gasteiger partial charge on any atom is -0.367 e. The van der Waals surface area contributed by atoms with Crippen molar-refractivity contribution >= 4 is 28.2 Å². The second-order valence-electron chi connectivity index (χ2n) is 6.15. The Labute approximate surface area is 145 Å². The summed E-state index contributed by atoms with van der Waals surface area (Å²) in [6, 6.07) is 0.00501. The number of aryl methyl sites for hydroxylation is 1. The van der Waals surface area contributed by atoms with Gasteiger partial charge in [0.05, 0.1) is 24.1 Å². The van der Waals surface area contributed by atoms with Gasteiger partial charge in [-0.25, -0.2) is 9.78 Å². The largest absolute Gasteiger partial charge is 0.367 e. The first-order valence-corrected chi connectivity index (χ1v) is 8.79. The van der Waals surface area contributed by atoms with Gasteiger partial charge in [0.25, 0.3) is 0 Å². The Morgan fingerprint density at radius 1 is 1.50 bits per heavy atom. The topological polar surface area (TPSA) is 78.3 Å². The zero-order chi connectivity index (χ0) is 17.1. The first kappa shape index (κ1) is 16.6. The summed E-state index contributed by atoms with van der Waals surface area (Å²) < 4.78 is 1.79. The number of thiazole rings is 1. The third-order valence-corrected chi connectivity index (χ3v) is 4.99. The zero-order valence-electron chi connectivity index (χ0n) is 14.2. The van der Waals surface area contributed by atoms with E-state index in [1.165, 1.54) is 0 Å². The Balaban J connectivity index is 1.43. The van der Waals surface area contributed by atoms with Gasteiger partial charge in [0.1, 0.15) is 0 Å². The summed E-state index contributed by atoms with van der Waals surface area (Å²) in [5.74, 6) is 0. The number of nitrogens with one attached hydrogen (secondary N) is 2. The number of amides is 2. The van der Waals surface area contributed by atoms with Crippen molar-refractivity contribution in [3.63, 3.8) is 0 Å². The van der Waals surface area contributed by atoms with Crippen molar-refractivity contribution in [2.24, 2.45) is 7.05 Å². The summed E-state index contributed by atoms with van der Waals surface area (Å²) in [4.78, 5) is 20.7. The molecular weight excluding hydrogens is 326 g/mol. The van der Waals surface area contributed by atoms with Crippen LogP contribution in [-0.4, -0.2) is 54.0 Å². The average Bonchev–Trinajstić information content (AvgIpc) is 3.25. The van der Waals surface area contributed by atoms with E-state index in [0.717, 1.165) is 36.0 Å². The molecule has 2 amide bonds. The van der Waals surface area contributed by atoms with Crippen LogP contribution in [0.25, 0.3) is 0 Å². The van der Waals surface area contributed by atoms with Crippen molar-refractivity contribution in [1.29, 1.82) is 0 Å². The van der Waals surface area contributed by atoms with Gasteiger partial charge < -0.3 is 20.4 Å². The van der Waals surface area contributed by atoms with Gasteiger partial charge in [-0.05, 0) is 6.42 Å². The number of hydrogen-bond acceptors (Lipinski definition) is 6. The van der Waals surface area contributed by atoms with Gasteiger partial charge in [0.2, 0.25) is 0 Å². The molecule has 0 saturated carbocycles. The van der Waals surface area contributed by atoms with Crippen molar-refractivity contribution in [3.8, 4) is 0 Å². The van der Waals surface area contributed by atoms with Gasteiger partial charge in [-0.3, -0.25) is 4.68 Å². The molecule has 1 saturated heterocycles. The van der Waals surface area contributed by atoms with E-state index >= 15 is 0 Å². The Kier molecular flexibility index (Phi) is 4.89. The maximum Gasteiger partial charge on any atom is 0.315 e. The van der Waals surface area contributed by atoms with Crippen molar-refractivity contribution in [3.05, 3.63) is 23.5 Å². The van der Waals surface area contributed by atoms with Crippen LogP contribution < -0.4 is 20.4 Å². The van der Waals surface area contributed by atoms with Crippen molar-refractivity contribution in [2.75, 3.05) is 37.0 Å². The minimum atomic E-state index is -0.146. The van der Waals surface area contributed by atoms with E-state index in [9.17, 15) is 4.79 Å². The quantitative estimate of drug-likeness (QED) is 0.843. The molecule has 1 fully saturated rings. The lowest BCUT2D eigenvalue weighted by atomic mass is 10.3. The monoisotopic (exact) mass is 349 g/mol. The molecule has 3 heterocycles. The molecule has 24 heavy (non-hydrogen) atoms. The van der Waals surface area contributed by atoms with E-state index in [-0.39, 0.29) is 12.1 Å². The van der Waals surface area contributed by atoms with E-state index in [1.54, 1.807) is 16.0 Å². The molecule has 0 bridgehead atoms. The van der Waals surface area contributed by atoms with Crippen LogP contribution in [0.5, 0.6) is 0 Å². The standard InChI is InChI=1S/C15H23N7OS/c1-20(2)15-19-12(10-24-15)6-16-14(23)18-11-4-5-22(8-11)13-7-17-21(3)9-13/h7,9-11H,4-6,8H2,1-3H3,(H2,16,18,23)/t11-/m1/s1. The smallest absolute Gasteiger partial charge is 0.315 e. The first-order valence-electron chi connectivity index (χ1n) is 7.91. The summed E-state index contributed by atoms with van der Waals surface area (Å²) in [5.41, 5.74) is 1.98. The van der Waals surface area contributed by atoms with E-state index in [4.69, 9.17) is 0 Å². The van der Waals surface area contributed by atoms with Gasteiger partial charge in [0, 0.05) is 51.9 Å². The number of urea groups is 1. The molecule has 0 aliphatic carbocycles. The molecule has 1 aliphatic rings. The number of nitrogens with zero attached hydrogens (tertiary/aromatic N) is 5. The third kappa shape index (κ3) is 3.97. The molecule has 1 atom stereocenters. The maximum atomic E-state index is 12.1. The average molecular weight is 349 g/mol. The summed E-state index contributed by atoms with van der Waals surface area (Å²) >= 11 is 1.57. The number of aromatic nitrogens is 3. The maximum absolute atomic E-state index is 12.1. The first-order chi connectivity index (χ1) is 11.5. The second kappa shape index (κ2) is 7.08. The van der Waals surface area contributed by atoms with Crippen LogP contribution in [0.3, 0.4) is 0 Å². The van der Waals surface area contributed by atoms with Crippen LogP contribution in [0.1, 0.15) is 12.1 Å². The number of anilines is 2. The van der Waals surface area contributed by atoms with E-state index in [1.807, 2.05) is 43.8 Å². The van der Waals surface area contributed by atoms with E-state index in [0.29, 0.717) is 6.54 Å². The predicted octanol–water partition coefficient (Wildman–Crippen LogP) is 1.02. The van der Waals surface area contributed by atoms with Crippen LogP contribution in [0.2, 0.25) is 0 Å². The highest BCUT2D eigenvalue weighted by Crippen LogP contribution is 2.19. The fourth-order valence-electron chi connectivity index (χ4n) is 2.67. The zero-order valence-corrected chi connectivity index (χ0v) is 15.0. The highest BCUT2D eigenvalue weighted by atomic mass is 32.1. The molecule has 0 unspecified atom stereocenters. The lowest BCUT2D eigenvalue weighted by Crippen LogP contribution is -2.43. The van der Waals surface area contributed by atoms with Crippen LogP contribution in [0.4, 0.5) is 15.6 Å². The van der Waals surface area contributed by atoms with Gasteiger partial charge in [-0.1, -0.05) is 0 Å². The molecule has 1 aliphatic heterocycles. The molecule has 2 N–H and O–H groups in total. The Bertz CT molecular complexity index is 696.